The highest BCUT2D eigenvalue weighted by Gasteiger charge is 2.44. The molecule has 5 unspecified atom stereocenters. The van der Waals surface area contributed by atoms with Gasteiger partial charge in [-0.1, -0.05) is 122 Å². The quantitative estimate of drug-likeness (QED) is 0.0739. The molecule has 1 fully saturated rings. The van der Waals surface area contributed by atoms with Gasteiger partial charge in [0.15, 0.2) is 0 Å². The third kappa shape index (κ3) is 22.4. The van der Waals surface area contributed by atoms with E-state index in [1.165, 1.54) is 90.6 Å². The van der Waals surface area contributed by atoms with Crippen molar-refractivity contribution in [1.82, 2.24) is 55.1 Å². The number of hydrogen-bond acceptors (Lipinski definition) is 12. The fourth-order valence-corrected chi connectivity index (χ4v) is 11.5. The van der Waals surface area contributed by atoms with E-state index in [4.69, 9.17) is 0 Å². The van der Waals surface area contributed by atoms with Crippen LogP contribution in [0.3, 0.4) is 0 Å². The van der Waals surface area contributed by atoms with Crippen LogP contribution in [-0.4, -0.2) is 240 Å². The van der Waals surface area contributed by atoms with Gasteiger partial charge in [-0.05, 0) is 94.2 Å². The molecular weight excluding hydrogens is 1160 g/mol. The molecule has 0 bridgehead atoms. The SMILES string of the molecule is CC[C@H](C)C(NC(=O)CCNC)C(=O)N(C)[C@@H](CC(C)C)C(=O)N(C)[C@@H](C)C(=O)N(C)C(CC(C)C)C(=O)N(C)[C@@H](Cc1ccccc1)C(=O)N(C)[C@@H](C)C(=O)N(C)C(CC(C)C)C(=O)N(C)C(Cc1ccccc1)C(=O)NC(CC(=O)O)C(=O)N1CCCCC1. The maximum atomic E-state index is 15.3. The lowest BCUT2D eigenvalue weighted by Crippen LogP contribution is -2.61. The second-order valence-corrected chi connectivity index (χ2v) is 26.2. The number of nitrogens with one attached hydrogen (secondary N) is 3. The summed E-state index contributed by atoms with van der Waals surface area (Å²) in [6.45, 7) is 19.5. The molecule has 2 aromatic carbocycles. The molecule has 3 rings (SSSR count). The number of amides is 10. The number of nitrogens with zero attached hydrogens (tertiary/aromatic N) is 8. The van der Waals surface area contributed by atoms with Crippen molar-refractivity contribution in [3.05, 3.63) is 71.8 Å². The van der Waals surface area contributed by atoms with Crippen LogP contribution in [0.5, 0.6) is 0 Å². The van der Waals surface area contributed by atoms with Crippen LogP contribution >= 0.6 is 0 Å². The molecular formula is C68H109N11O12. The van der Waals surface area contributed by atoms with Crippen molar-refractivity contribution in [3.8, 4) is 0 Å². The van der Waals surface area contributed by atoms with Crippen molar-refractivity contribution < 1.29 is 57.8 Å². The molecule has 1 saturated heterocycles. The molecule has 91 heavy (non-hydrogen) atoms. The van der Waals surface area contributed by atoms with Crippen LogP contribution in [0.1, 0.15) is 138 Å². The van der Waals surface area contributed by atoms with Gasteiger partial charge < -0.3 is 60.3 Å². The molecule has 23 nitrogen and oxygen atoms in total. The van der Waals surface area contributed by atoms with Crippen LogP contribution in [0.15, 0.2) is 60.7 Å². The van der Waals surface area contributed by atoms with E-state index in [-0.39, 0.29) is 68.1 Å². The third-order valence-corrected chi connectivity index (χ3v) is 17.8. The van der Waals surface area contributed by atoms with Crippen LogP contribution in [0, 0.1) is 23.7 Å². The highest BCUT2D eigenvalue weighted by Crippen LogP contribution is 2.25. The number of hydrogen-bond donors (Lipinski definition) is 4. The number of rotatable bonds is 35. The van der Waals surface area contributed by atoms with Crippen molar-refractivity contribution in [1.29, 1.82) is 0 Å². The fourth-order valence-electron chi connectivity index (χ4n) is 11.5. The summed E-state index contributed by atoms with van der Waals surface area (Å²) >= 11 is 0. The molecule has 4 N–H and O–H groups in total. The van der Waals surface area contributed by atoms with E-state index in [9.17, 15) is 43.5 Å². The first kappa shape index (κ1) is 77.8. The summed E-state index contributed by atoms with van der Waals surface area (Å²) in [4.78, 5) is 168. The number of carboxylic acids is 1. The molecule has 0 spiro atoms. The molecule has 0 aromatic heterocycles. The minimum atomic E-state index is -1.40. The maximum Gasteiger partial charge on any atom is 0.305 e. The summed E-state index contributed by atoms with van der Waals surface area (Å²) in [5.41, 5.74) is 1.37. The molecule has 1 aliphatic rings. The molecule has 10 amide bonds. The van der Waals surface area contributed by atoms with Crippen LogP contribution in [0.2, 0.25) is 0 Å². The van der Waals surface area contributed by atoms with Gasteiger partial charge in [0.2, 0.25) is 59.1 Å². The molecule has 508 valence electrons. The van der Waals surface area contributed by atoms with Gasteiger partial charge in [-0.25, -0.2) is 0 Å². The highest BCUT2D eigenvalue weighted by molar-refractivity contribution is 5.99. The lowest BCUT2D eigenvalue weighted by Gasteiger charge is -2.40. The summed E-state index contributed by atoms with van der Waals surface area (Å²) < 4.78 is 0. The van der Waals surface area contributed by atoms with E-state index in [2.05, 4.69) is 16.0 Å². The summed E-state index contributed by atoms with van der Waals surface area (Å²) in [5, 5.41) is 18.4. The van der Waals surface area contributed by atoms with Crippen LogP contribution in [0.4, 0.5) is 0 Å². The number of benzene rings is 2. The summed E-state index contributed by atoms with van der Waals surface area (Å²) in [5.74, 6) is -7.47. The molecule has 0 aliphatic carbocycles. The number of carbonyl (C=O) groups excluding carboxylic acids is 10. The number of likely N-dealkylation sites (tertiary alicyclic amines) is 1. The average Bonchev–Trinajstić information content (AvgIpc) is 1.25. The summed E-state index contributed by atoms with van der Waals surface area (Å²) in [6.07, 6.45) is 2.99. The van der Waals surface area contributed by atoms with Crippen molar-refractivity contribution in [3.63, 3.8) is 0 Å². The summed E-state index contributed by atoms with van der Waals surface area (Å²) in [7, 11) is 12.0. The molecule has 10 atom stereocenters. The zero-order valence-electron chi connectivity index (χ0n) is 57.7. The number of likely N-dealkylation sites (N-methyl/N-ethyl adjacent to an activating group) is 7. The smallest absolute Gasteiger partial charge is 0.305 e. The van der Waals surface area contributed by atoms with Crippen molar-refractivity contribution in [2.45, 2.75) is 194 Å². The minimum absolute atomic E-state index is 0.00474. The Hall–Kier alpha value is -7.43. The fraction of sp³-hybridized carbons (Fsp3) is 0.662. The van der Waals surface area contributed by atoms with E-state index in [0.29, 0.717) is 37.2 Å². The van der Waals surface area contributed by atoms with Gasteiger partial charge in [0, 0.05) is 88.2 Å². The molecule has 0 radical (unpaired) electrons. The lowest BCUT2D eigenvalue weighted by molar-refractivity contribution is -0.156. The summed E-state index contributed by atoms with van der Waals surface area (Å²) in [6, 6.07) is 7.43. The lowest BCUT2D eigenvalue weighted by atomic mass is 9.95. The Bertz CT molecular complexity index is 2740. The van der Waals surface area contributed by atoms with E-state index in [1.54, 1.807) is 61.3 Å². The first-order chi connectivity index (χ1) is 42.7. The third-order valence-electron chi connectivity index (χ3n) is 17.8. The van der Waals surface area contributed by atoms with Gasteiger partial charge in [0.25, 0.3) is 0 Å². The van der Waals surface area contributed by atoms with Crippen molar-refractivity contribution >= 4 is 65.0 Å². The standard InChI is InChI=1S/C68H109N11O12/c1-19-46(8)59(71-57(80)33-34-69-11)68(91)78(18)53(37-43(2)3)64(87)72(12)47(9)61(84)76(16)55(39-45(6)7)67(90)77(17)56(41-50-31-25-21-26-32-50)65(88)73(13)48(10)62(85)75(15)54(38-44(4)5)66(89)74(14)52(40-49-29-23-20-24-30-49)60(83)70-51(42-58(81)82)63(86)79-35-27-22-28-36-79/h20-21,23-26,29-32,43-48,51-56,59,69H,19,22,27-28,33-42H2,1-18H3,(H,70,83)(H,71,80)(H,81,82)/t46-,47-,48-,51?,52?,53-,54?,55?,56-,59?/m0/s1. The predicted molar refractivity (Wildman–Crippen MR) is 350 cm³/mol. The van der Waals surface area contributed by atoms with Gasteiger partial charge in [-0.3, -0.25) is 52.7 Å². The molecule has 1 heterocycles. The van der Waals surface area contributed by atoms with Crippen LogP contribution in [-0.2, 0) is 65.6 Å². The molecule has 23 heteroatoms. The first-order valence-corrected chi connectivity index (χ1v) is 32.4. The van der Waals surface area contributed by atoms with Crippen molar-refractivity contribution in [2.75, 3.05) is 76.0 Å². The highest BCUT2D eigenvalue weighted by atomic mass is 16.4. The monoisotopic (exact) mass is 1270 g/mol. The number of piperidine rings is 1. The van der Waals surface area contributed by atoms with Gasteiger partial charge in [0.1, 0.15) is 54.4 Å². The Balaban J connectivity index is 2.01. The van der Waals surface area contributed by atoms with Gasteiger partial charge in [-0.2, -0.15) is 0 Å². The predicted octanol–water partition coefficient (Wildman–Crippen LogP) is 4.55. The van der Waals surface area contributed by atoms with Crippen LogP contribution < -0.4 is 16.0 Å². The Morgan fingerprint density at radius 1 is 0.484 bits per heavy atom. The number of aliphatic carboxylic acids is 1. The normalized spacial score (nSPS) is 15.7. The zero-order chi connectivity index (χ0) is 68.7. The van der Waals surface area contributed by atoms with Gasteiger partial charge >= 0.3 is 5.97 Å². The Labute approximate surface area is 541 Å². The van der Waals surface area contributed by atoms with E-state index in [0.717, 1.165) is 19.3 Å². The first-order valence-electron chi connectivity index (χ1n) is 32.4. The van der Waals surface area contributed by atoms with E-state index in [1.807, 2.05) is 73.6 Å². The van der Waals surface area contributed by atoms with Crippen molar-refractivity contribution in [2.24, 2.45) is 23.7 Å². The molecule has 1 aliphatic heterocycles. The molecule has 0 saturated carbocycles. The van der Waals surface area contributed by atoms with Gasteiger partial charge in [0.05, 0.1) is 6.42 Å². The average molecular weight is 1270 g/mol. The second kappa shape index (κ2) is 37.2. The topological polar surface area (TPSA) is 270 Å². The van der Waals surface area contributed by atoms with E-state index < -0.39 is 120 Å². The van der Waals surface area contributed by atoms with Crippen LogP contribution in [0.25, 0.3) is 0 Å². The second-order valence-electron chi connectivity index (χ2n) is 26.2. The largest absolute Gasteiger partial charge is 0.481 e. The minimum Gasteiger partial charge on any atom is -0.481 e. The Morgan fingerprint density at radius 3 is 1.25 bits per heavy atom. The number of carbonyl (C=O) groups is 11. The number of carboxylic acid groups (broad SMARTS) is 1. The molecule has 2 aromatic rings. The maximum absolute atomic E-state index is 15.3. The Kier molecular flexibility index (Phi) is 31.8. The zero-order valence-corrected chi connectivity index (χ0v) is 57.7. The van der Waals surface area contributed by atoms with Gasteiger partial charge in [-0.15, -0.1) is 0 Å². The van der Waals surface area contributed by atoms with E-state index >= 15 is 14.4 Å². The Morgan fingerprint density at radius 2 is 0.857 bits per heavy atom.